The van der Waals surface area contributed by atoms with Crippen molar-refractivity contribution >= 4 is 13.6 Å². The van der Waals surface area contributed by atoms with Crippen LogP contribution in [0.2, 0.25) is 11.1 Å². The minimum Gasteiger partial charge on any atom is -0.0841 e. The molecule has 8 rings (SSSR count). The predicted octanol–water partition coefficient (Wildman–Crippen LogP) is 10.2. The molecule has 0 aliphatic heterocycles. The number of benzene rings is 1. The van der Waals surface area contributed by atoms with Crippen molar-refractivity contribution in [2.24, 2.45) is 23.7 Å². The van der Waals surface area contributed by atoms with Crippen LogP contribution in [0.1, 0.15) is 113 Å². The second kappa shape index (κ2) is 9.25. The van der Waals surface area contributed by atoms with Crippen LogP contribution >= 0.6 is 0 Å². The molecule has 0 N–H and O–H groups in total. The minimum atomic E-state index is -1.96. The van der Waals surface area contributed by atoms with Crippen molar-refractivity contribution in [1.29, 1.82) is 0 Å². The second-order valence-corrected chi connectivity index (χ2v) is 18.4. The van der Waals surface area contributed by atoms with Crippen LogP contribution in [-0.4, -0.2) is 8.07 Å². The molecule has 194 valence electrons. The van der Waals surface area contributed by atoms with Gasteiger partial charge in [-0.3, -0.25) is 0 Å². The summed E-state index contributed by atoms with van der Waals surface area (Å²) in [6, 6.07) is 9.85. The van der Waals surface area contributed by atoms with E-state index in [4.69, 9.17) is 0 Å². The summed E-state index contributed by atoms with van der Waals surface area (Å²) in [5.41, 5.74) is 9.84. The molecule has 0 heterocycles. The van der Waals surface area contributed by atoms with Crippen LogP contribution in [0.3, 0.4) is 0 Å². The highest BCUT2D eigenvalue weighted by atomic mass is 28.3. The smallest absolute Gasteiger partial charge is 0.0841 e. The van der Waals surface area contributed by atoms with Crippen LogP contribution in [0, 0.1) is 23.7 Å². The molecule has 1 heteroatoms. The van der Waals surface area contributed by atoms with Gasteiger partial charge in [0, 0.05) is 5.54 Å². The molecule has 37 heavy (non-hydrogen) atoms. The highest BCUT2D eigenvalue weighted by Gasteiger charge is 2.64. The molecule has 0 amide bonds. The van der Waals surface area contributed by atoms with Gasteiger partial charge in [-0.1, -0.05) is 142 Å². The van der Waals surface area contributed by atoms with E-state index in [9.17, 15) is 0 Å². The first-order valence-electron chi connectivity index (χ1n) is 16.2. The predicted molar refractivity (Wildman–Crippen MR) is 159 cm³/mol. The number of hydrogen-bond acceptors (Lipinski definition) is 0. The third-order valence-corrected chi connectivity index (χ3v) is 19.7. The average Bonchev–Trinajstić information content (AvgIpc) is 3.76. The van der Waals surface area contributed by atoms with Crippen LogP contribution < -0.4 is 0 Å². The SMILES string of the molecule is C1=CC([Si](C2C3=C(CC=CC3)c3ccccc32)(C2CCC3CCCCC32)C2CCC3CCCCC32)=CC1. The minimum absolute atomic E-state index is 0.744. The lowest BCUT2D eigenvalue weighted by Crippen LogP contribution is -2.55. The lowest BCUT2D eigenvalue weighted by atomic mass is 9.81. The molecule has 7 unspecified atom stereocenters. The van der Waals surface area contributed by atoms with Gasteiger partial charge in [0.05, 0.1) is 0 Å². The monoisotopic (exact) mass is 506 g/mol. The van der Waals surface area contributed by atoms with E-state index in [-0.39, 0.29) is 0 Å². The van der Waals surface area contributed by atoms with Crippen LogP contribution in [0.15, 0.2) is 65.4 Å². The molecule has 0 aromatic heterocycles. The normalized spacial score (nSPS) is 39.7. The van der Waals surface area contributed by atoms with Crippen LogP contribution in [0.4, 0.5) is 0 Å². The Morgan fingerprint density at radius 3 is 2.03 bits per heavy atom. The van der Waals surface area contributed by atoms with E-state index in [2.05, 4.69) is 54.6 Å². The van der Waals surface area contributed by atoms with Crippen molar-refractivity contribution < 1.29 is 0 Å². The van der Waals surface area contributed by atoms with Gasteiger partial charge in [0.25, 0.3) is 0 Å². The first kappa shape index (κ1) is 23.3. The summed E-state index contributed by atoms with van der Waals surface area (Å²) in [5, 5.41) is 1.93. The standard InChI is InChI=1S/C36H46Si/c1-5-15-28-25(11-1)21-23-34(28)37(27-13-3-4-14-27,35-24-22-26-12-2-6-16-29(26)35)36-32-19-9-7-17-30(32)31-18-8-10-20-33(31)36/h3,7-10,13-14,17,19,25-26,28-29,34-36H,1-2,4-6,11-12,15-16,18,20-24H2. The maximum Gasteiger partial charge on any atom is 0.104 e. The lowest BCUT2D eigenvalue weighted by molar-refractivity contribution is 0.262. The number of allylic oxidation sites excluding steroid dienone is 8. The van der Waals surface area contributed by atoms with E-state index in [0.29, 0.717) is 0 Å². The molecule has 1 aromatic rings. The second-order valence-electron chi connectivity index (χ2n) is 13.9. The zero-order valence-electron chi connectivity index (χ0n) is 22.8. The molecule has 4 saturated carbocycles. The maximum absolute atomic E-state index is 2.79. The average molecular weight is 507 g/mol. The maximum atomic E-state index is 2.79. The van der Waals surface area contributed by atoms with Gasteiger partial charge in [-0.05, 0) is 70.7 Å². The third kappa shape index (κ3) is 3.38. The Morgan fingerprint density at radius 1 is 0.649 bits per heavy atom. The zero-order valence-corrected chi connectivity index (χ0v) is 23.8. The lowest BCUT2D eigenvalue weighted by Gasteiger charge is -2.54. The van der Waals surface area contributed by atoms with Gasteiger partial charge in [-0.15, -0.1) is 0 Å². The highest BCUT2D eigenvalue weighted by molar-refractivity contribution is 6.91. The van der Waals surface area contributed by atoms with E-state index < -0.39 is 8.07 Å². The van der Waals surface area contributed by atoms with Crippen molar-refractivity contribution in [1.82, 2.24) is 0 Å². The molecule has 0 nitrogen and oxygen atoms in total. The molecule has 7 aliphatic rings. The van der Waals surface area contributed by atoms with E-state index in [0.717, 1.165) is 40.3 Å². The van der Waals surface area contributed by atoms with Crippen molar-refractivity contribution in [2.45, 2.75) is 113 Å². The summed E-state index contributed by atoms with van der Waals surface area (Å²) in [6.45, 7) is 0. The summed E-state index contributed by atoms with van der Waals surface area (Å²) in [5.74, 6) is 4.12. The van der Waals surface area contributed by atoms with Gasteiger partial charge in [0.1, 0.15) is 8.07 Å². The number of fused-ring (bicyclic) bond motifs is 4. The van der Waals surface area contributed by atoms with Crippen molar-refractivity contribution in [3.05, 3.63) is 76.5 Å². The fourth-order valence-corrected chi connectivity index (χ4v) is 20.4. The van der Waals surface area contributed by atoms with Gasteiger partial charge in [0.2, 0.25) is 0 Å². The summed E-state index contributed by atoms with van der Waals surface area (Å²) in [7, 11) is -1.96. The van der Waals surface area contributed by atoms with Gasteiger partial charge in [0.15, 0.2) is 0 Å². The molecule has 4 fully saturated rings. The Kier molecular flexibility index (Phi) is 5.83. The van der Waals surface area contributed by atoms with E-state index in [1.807, 2.05) is 10.8 Å². The van der Waals surface area contributed by atoms with Crippen molar-refractivity contribution in [2.75, 3.05) is 0 Å². The fraction of sp³-hybridized carbons (Fsp3) is 0.611. The molecule has 0 spiro atoms. The highest BCUT2D eigenvalue weighted by Crippen LogP contribution is 2.70. The molecule has 7 aliphatic carbocycles. The van der Waals surface area contributed by atoms with E-state index in [1.54, 1.807) is 55.2 Å². The molecule has 0 saturated heterocycles. The molecular formula is C36H46Si. The summed E-state index contributed by atoms with van der Waals surface area (Å²) >= 11 is 0. The quantitative estimate of drug-likeness (QED) is 0.281. The van der Waals surface area contributed by atoms with Crippen LogP contribution in [-0.2, 0) is 0 Å². The van der Waals surface area contributed by atoms with Crippen LogP contribution in [0.25, 0.3) is 5.57 Å². The fourth-order valence-electron chi connectivity index (χ4n) is 11.7. The Bertz CT molecular complexity index is 1150. The largest absolute Gasteiger partial charge is 0.104 e. The van der Waals surface area contributed by atoms with Crippen molar-refractivity contribution in [3.63, 3.8) is 0 Å². The Hall–Kier alpha value is -1.60. The van der Waals surface area contributed by atoms with Crippen LogP contribution in [0.5, 0.6) is 0 Å². The molecule has 0 radical (unpaired) electrons. The van der Waals surface area contributed by atoms with Crippen molar-refractivity contribution in [3.8, 4) is 0 Å². The molecule has 0 bridgehead atoms. The number of hydrogen-bond donors (Lipinski definition) is 0. The number of rotatable bonds is 4. The van der Waals surface area contributed by atoms with E-state index >= 15 is 0 Å². The van der Waals surface area contributed by atoms with Gasteiger partial charge < -0.3 is 0 Å². The first-order chi connectivity index (χ1) is 18.4. The first-order valence-corrected chi connectivity index (χ1v) is 18.4. The molecular weight excluding hydrogens is 460 g/mol. The Labute approximate surface area is 226 Å². The van der Waals surface area contributed by atoms with E-state index in [1.165, 1.54) is 57.8 Å². The Balaban J connectivity index is 1.38. The van der Waals surface area contributed by atoms with Gasteiger partial charge in [-0.2, -0.15) is 0 Å². The summed E-state index contributed by atoms with van der Waals surface area (Å²) in [6.07, 6.45) is 35.1. The molecule has 1 aromatic carbocycles. The summed E-state index contributed by atoms with van der Waals surface area (Å²) in [4.78, 5) is 0. The topological polar surface area (TPSA) is 0 Å². The molecule has 7 atom stereocenters. The third-order valence-electron chi connectivity index (χ3n) is 12.8. The zero-order chi connectivity index (χ0) is 24.4. The van der Waals surface area contributed by atoms with Gasteiger partial charge in [-0.25, -0.2) is 0 Å². The van der Waals surface area contributed by atoms with Gasteiger partial charge >= 0.3 is 0 Å². The summed E-state index contributed by atoms with van der Waals surface area (Å²) < 4.78 is 0. The Morgan fingerprint density at radius 2 is 1.32 bits per heavy atom.